The lowest BCUT2D eigenvalue weighted by Gasteiger charge is -2.10. The van der Waals surface area contributed by atoms with Crippen LogP contribution in [0.3, 0.4) is 0 Å². The third-order valence-electron chi connectivity index (χ3n) is 5.93. The average Bonchev–Trinajstić information content (AvgIpc) is 3.17. The zero-order valence-corrected chi connectivity index (χ0v) is 19.0. The monoisotopic (exact) mass is 445 g/mol. The Labute approximate surface area is 189 Å². The number of hydrogen-bond donors (Lipinski definition) is 2. The van der Waals surface area contributed by atoms with E-state index in [1.54, 1.807) is 10.7 Å². The molecule has 3 aromatic heterocycles. The Morgan fingerprint density at radius 3 is 2.75 bits per heavy atom. The number of nitrogens with zero attached hydrogens (tertiary/aromatic N) is 3. The highest BCUT2D eigenvalue weighted by molar-refractivity contribution is 7.17. The molecule has 3 heterocycles. The fourth-order valence-corrected chi connectivity index (χ4v) is 5.86. The molecule has 4 aromatic rings. The van der Waals surface area contributed by atoms with Gasteiger partial charge in [-0.05, 0) is 50.3 Å². The first kappa shape index (κ1) is 20.4. The quantitative estimate of drug-likeness (QED) is 0.494. The lowest BCUT2D eigenvalue weighted by molar-refractivity contribution is 0.100. The van der Waals surface area contributed by atoms with Crippen molar-refractivity contribution in [2.75, 3.05) is 5.32 Å². The number of benzene rings is 1. The fraction of sp³-hybridized carbons (Fsp3) is 0.250. The number of nitrogens with two attached hydrogens (primary N) is 1. The van der Waals surface area contributed by atoms with Crippen LogP contribution in [0.1, 0.15) is 49.0 Å². The van der Waals surface area contributed by atoms with Gasteiger partial charge in [0.15, 0.2) is 5.65 Å². The SMILES string of the molecule is Cc1cc(C(=O)Nc2sc3c(c2C(N)=O)-c2ccccc2CCC3)c2c(C)nn(C)c2n1. The number of hydrogen-bond acceptors (Lipinski definition) is 5. The molecule has 7 nitrogen and oxygen atoms in total. The van der Waals surface area contributed by atoms with Crippen LogP contribution in [0.25, 0.3) is 22.2 Å². The summed E-state index contributed by atoms with van der Waals surface area (Å²) in [7, 11) is 1.81. The third kappa shape index (κ3) is 3.18. The normalized spacial score (nSPS) is 12.8. The van der Waals surface area contributed by atoms with Gasteiger partial charge in [0.25, 0.3) is 11.8 Å². The maximum atomic E-state index is 13.4. The van der Waals surface area contributed by atoms with Crippen LogP contribution in [-0.4, -0.2) is 26.6 Å². The number of amides is 2. The van der Waals surface area contributed by atoms with Crippen molar-refractivity contribution in [1.82, 2.24) is 14.8 Å². The number of fused-ring (bicyclic) bond motifs is 4. The summed E-state index contributed by atoms with van der Waals surface area (Å²) in [5, 5.41) is 8.61. The highest BCUT2D eigenvalue weighted by Gasteiger charge is 2.28. The summed E-state index contributed by atoms with van der Waals surface area (Å²) in [6.07, 6.45) is 2.77. The molecular formula is C24H23N5O2S. The Balaban J connectivity index is 1.64. The molecule has 0 atom stereocenters. The predicted octanol–water partition coefficient (Wildman–Crippen LogP) is 4.15. The van der Waals surface area contributed by atoms with Gasteiger partial charge in [-0.2, -0.15) is 5.10 Å². The van der Waals surface area contributed by atoms with E-state index in [9.17, 15) is 9.59 Å². The lowest BCUT2D eigenvalue weighted by atomic mass is 9.96. The van der Waals surface area contributed by atoms with Gasteiger partial charge in [-0.3, -0.25) is 14.3 Å². The zero-order valence-electron chi connectivity index (χ0n) is 18.2. The van der Waals surface area contributed by atoms with Gasteiger partial charge in [0.05, 0.1) is 22.2 Å². The molecule has 8 heteroatoms. The molecule has 0 bridgehead atoms. The van der Waals surface area contributed by atoms with E-state index in [1.807, 2.05) is 39.1 Å². The third-order valence-corrected chi connectivity index (χ3v) is 7.10. The molecule has 1 aromatic carbocycles. The molecule has 2 amide bonds. The summed E-state index contributed by atoms with van der Waals surface area (Å²) in [6, 6.07) is 9.85. The summed E-state index contributed by atoms with van der Waals surface area (Å²) in [4.78, 5) is 31.6. The fourth-order valence-electron chi connectivity index (χ4n) is 4.60. The number of anilines is 1. The van der Waals surface area contributed by atoms with Crippen LogP contribution in [0.4, 0.5) is 5.00 Å². The predicted molar refractivity (Wildman–Crippen MR) is 126 cm³/mol. The smallest absolute Gasteiger partial charge is 0.257 e. The van der Waals surface area contributed by atoms with E-state index in [2.05, 4.69) is 21.5 Å². The largest absolute Gasteiger partial charge is 0.365 e. The number of nitrogens with one attached hydrogen (secondary N) is 1. The minimum atomic E-state index is -0.539. The summed E-state index contributed by atoms with van der Waals surface area (Å²) < 4.78 is 1.67. The van der Waals surface area contributed by atoms with Gasteiger partial charge < -0.3 is 11.1 Å². The average molecular weight is 446 g/mol. The standard InChI is InChI=1S/C24H23N5O2S/c1-12-11-16(18-13(2)28-29(3)22(18)26-12)23(31)27-24-20(21(25)30)19-15-9-5-4-7-14(15)8-6-10-17(19)32-24/h4-5,7,9,11H,6,8,10H2,1-3H3,(H2,25,30)(H,27,31). The van der Waals surface area contributed by atoms with Gasteiger partial charge >= 0.3 is 0 Å². The van der Waals surface area contributed by atoms with Crippen LogP contribution >= 0.6 is 11.3 Å². The van der Waals surface area contributed by atoms with Crippen LogP contribution in [0.2, 0.25) is 0 Å². The molecule has 0 radical (unpaired) electrons. The summed E-state index contributed by atoms with van der Waals surface area (Å²) in [6.45, 7) is 3.70. The molecule has 0 aliphatic heterocycles. The maximum absolute atomic E-state index is 13.4. The lowest BCUT2D eigenvalue weighted by Crippen LogP contribution is -2.18. The summed E-state index contributed by atoms with van der Waals surface area (Å²) in [5.41, 5.74) is 11.9. The number of pyridine rings is 1. The summed E-state index contributed by atoms with van der Waals surface area (Å²) >= 11 is 1.44. The zero-order chi connectivity index (χ0) is 22.6. The van der Waals surface area contributed by atoms with E-state index in [4.69, 9.17) is 5.73 Å². The van der Waals surface area contributed by atoms with Gasteiger partial charge in [-0.15, -0.1) is 11.3 Å². The van der Waals surface area contributed by atoms with Crippen LogP contribution in [0.5, 0.6) is 0 Å². The molecule has 0 fully saturated rings. The van der Waals surface area contributed by atoms with E-state index in [1.165, 1.54) is 16.9 Å². The van der Waals surface area contributed by atoms with E-state index in [-0.39, 0.29) is 5.91 Å². The Morgan fingerprint density at radius 2 is 1.97 bits per heavy atom. The maximum Gasteiger partial charge on any atom is 0.257 e. The van der Waals surface area contributed by atoms with E-state index in [0.717, 1.165) is 46.7 Å². The number of carbonyl (C=O) groups excluding carboxylic acids is 2. The van der Waals surface area contributed by atoms with Crippen molar-refractivity contribution in [1.29, 1.82) is 0 Å². The molecule has 0 unspecified atom stereocenters. The van der Waals surface area contributed by atoms with E-state index in [0.29, 0.717) is 27.2 Å². The van der Waals surface area contributed by atoms with Crippen LogP contribution < -0.4 is 11.1 Å². The first-order chi connectivity index (χ1) is 15.3. The highest BCUT2D eigenvalue weighted by Crippen LogP contribution is 2.44. The molecule has 1 aliphatic rings. The van der Waals surface area contributed by atoms with Crippen molar-refractivity contribution in [2.24, 2.45) is 12.8 Å². The number of thiophene rings is 1. The van der Waals surface area contributed by atoms with Crippen LogP contribution in [0, 0.1) is 13.8 Å². The number of primary amides is 1. The first-order valence-corrected chi connectivity index (χ1v) is 11.3. The second-order valence-corrected chi connectivity index (χ2v) is 9.26. The Morgan fingerprint density at radius 1 is 1.19 bits per heavy atom. The minimum absolute atomic E-state index is 0.302. The Hall–Kier alpha value is -3.52. The number of aryl methyl sites for hydroxylation is 5. The molecule has 162 valence electrons. The van der Waals surface area contributed by atoms with Crippen molar-refractivity contribution >= 4 is 39.2 Å². The molecule has 32 heavy (non-hydrogen) atoms. The van der Waals surface area contributed by atoms with Crippen molar-refractivity contribution in [3.8, 4) is 11.1 Å². The van der Waals surface area contributed by atoms with Crippen molar-refractivity contribution < 1.29 is 9.59 Å². The van der Waals surface area contributed by atoms with E-state index >= 15 is 0 Å². The van der Waals surface area contributed by atoms with Gasteiger partial charge in [-0.25, -0.2) is 4.98 Å². The summed E-state index contributed by atoms with van der Waals surface area (Å²) in [5.74, 6) is -0.841. The molecular weight excluding hydrogens is 422 g/mol. The van der Waals surface area contributed by atoms with E-state index < -0.39 is 5.91 Å². The molecule has 0 spiro atoms. The molecule has 1 aliphatic carbocycles. The number of aromatic nitrogens is 3. The van der Waals surface area contributed by atoms with Crippen molar-refractivity contribution in [3.63, 3.8) is 0 Å². The number of carbonyl (C=O) groups is 2. The Kier molecular flexibility index (Phi) is 4.82. The molecule has 0 saturated heterocycles. The minimum Gasteiger partial charge on any atom is -0.365 e. The van der Waals surface area contributed by atoms with Crippen LogP contribution in [0.15, 0.2) is 30.3 Å². The first-order valence-electron chi connectivity index (χ1n) is 10.5. The molecule has 3 N–H and O–H groups in total. The van der Waals surface area contributed by atoms with Gasteiger partial charge in [0, 0.05) is 23.2 Å². The topological polar surface area (TPSA) is 103 Å². The second kappa shape index (κ2) is 7.56. The van der Waals surface area contributed by atoms with Gasteiger partial charge in [-0.1, -0.05) is 24.3 Å². The highest BCUT2D eigenvalue weighted by atomic mass is 32.1. The number of rotatable bonds is 3. The van der Waals surface area contributed by atoms with Gasteiger partial charge in [0.1, 0.15) is 5.00 Å². The molecule has 0 saturated carbocycles. The molecule has 5 rings (SSSR count). The van der Waals surface area contributed by atoms with Crippen molar-refractivity contribution in [3.05, 3.63) is 63.3 Å². The van der Waals surface area contributed by atoms with Crippen LogP contribution in [-0.2, 0) is 19.9 Å². The van der Waals surface area contributed by atoms with Gasteiger partial charge in [0.2, 0.25) is 0 Å². The Bertz CT molecular complexity index is 1420. The second-order valence-electron chi connectivity index (χ2n) is 8.15. The van der Waals surface area contributed by atoms with Crippen molar-refractivity contribution in [2.45, 2.75) is 33.1 Å².